The van der Waals surface area contributed by atoms with E-state index in [1.54, 1.807) is 6.07 Å². The molecule has 0 aromatic carbocycles. The van der Waals surface area contributed by atoms with Crippen LogP contribution < -0.4 is 5.66 Å². The van der Waals surface area contributed by atoms with Crippen molar-refractivity contribution in [1.82, 2.24) is 0 Å². The fourth-order valence-electron chi connectivity index (χ4n) is 1.14. The molecule has 0 aliphatic carbocycles. The van der Waals surface area contributed by atoms with E-state index in [4.69, 9.17) is 14.5 Å². The summed E-state index contributed by atoms with van der Waals surface area (Å²) in [6.45, 7) is 5.97. The minimum absolute atomic E-state index is 0.119. The standard InChI is InChI=1S/C8H13BO3/c1-8(2,3)6-4-5-12-7(6)9(10)11/h4-5,10-11H,1-3H3. The van der Waals surface area contributed by atoms with Crippen molar-refractivity contribution < 1.29 is 14.5 Å². The van der Waals surface area contributed by atoms with Crippen LogP contribution in [0.3, 0.4) is 0 Å². The largest absolute Gasteiger partial charge is 0.526 e. The SMILES string of the molecule is CC(C)(C)c1ccoc1B(O)O. The molecular weight excluding hydrogens is 155 g/mol. The van der Waals surface area contributed by atoms with Crippen LogP contribution in [0.5, 0.6) is 0 Å². The maximum absolute atomic E-state index is 8.92. The Hall–Kier alpha value is -0.735. The number of rotatable bonds is 1. The van der Waals surface area contributed by atoms with Crippen LogP contribution in [0.2, 0.25) is 0 Å². The van der Waals surface area contributed by atoms with E-state index in [-0.39, 0.29) is 11.1 Å². The lowest BCUT2D eigenvalue weighted by atomic mass is 9.76. The Morgan fingerprint density at radius 2 is 1.92 bits per heavy atom. The highest BCUT2D eigenvalue weighted by molar-refractivity contribution is 6.57. The summed E-state index contributed by atoms with van der Waals surface area (Å²) in [7, 11) is -1.52. The first-order valence-corrected chi connectivity index (χ1v) is 3.87. The lowest BCUT2D eigenvalue weighted by molar-refractivity contribution is 0.406. The van der Waals surface area contributed by atoms with Crippen molar-refractivity contribution in [3.8, 4) is 0 Å². The second kappa shape index (κ2) is 2.96. The predicted octanol–water partition coefficient (Wildman–Crippen LogP) is 0.257. The van der Waals surface area contributed by atoms with Gasteiger partial charge in [0, 0.05) is 0 Å². The lowest BCUT2D eigenvalue weighted by Crippen LogP contribution is -2.35. The van der Waals surface area contributed by atoms with Crippen LogP contribution in [0, 0.1) is 0 Å². The Bertz CT molecular complexity index is 260. The normalized spacial score (nSPS) is 11.8. The van der Waals surface area contributed by atoms with Crippen molar-refractivity contribution in [2.45, 2.75) is 26.2 Å². The third-order valence-corrected chi connectivity index (χ3v) is 1.74. The topological polar surface area (TPSA) is 53.6 Å². The number of hydrogen-bond acceptors (Lipinski definition) is 3. The molecule has 0 radical (unpaired) electrons. The highest BCUT2D eigenvalue weighted by Crippen LogP contribution is 2.20. The van der Waals surface area contributed by atoms with Gasteiger partial charge in [0.25, 0.3) is 0 Å². The molecule has 0 aliphatic heterocycles. The van der Waals surface area contributed by atoms with Crippen LogP contribution in [0.1, 0.15) is 26.3 Å². The highest BCUT2D eigenvalue weighted by Gasteiger charge is 2.27. The molecule has 0 unspecified atom stereocenters. The second-order valence-electron chi connectivity index (χ2n) is 3.82. The van der Waals surface area contributed by atoms with Gasteiger partial charge in [-0.3, -0.25) is 0 Å². The van der Waals surface area contributed by atoms with E-state index in [2.05, 4.69) is 0 Å². The zero-order valence-corrected chi connectivity index (χ0v) is 7.53. The maximum Gasteiger partial charge on any atom is 0.526 e. The molecule has 0 amide bonds. The first-order valence-electron chi connectivity index (χ1n) is 3.87. The molecule has 2 N–H and O–H groups in total. The summed E-state index contributed by atoms with van der Waals surface area (Å²) in [4.78, 5) is 0. The van der Waals surface area contributed by atoms with Crippen LogP contribution in [0.25, 0.3) is 0 Å². The minimum Gasteiger partial charge on any atom is -0.473 e. The van der Waals surface area contributed by atoms with Crippen molar-refractivity contribution in [3.05, 3.63) is 17.9 Å². The zero-order chi connectivity index (χ0) is 9.35. The first-order chi connectivity index (χ1) is 5.43. The average Bonchev–Trinajstić information content (AvgIpc) is 2.30. The number of furan rings is 1. The van der Waals surface area contributed by atoms with Crippen LogP contribution in [0.4, 0.5) is 0 Å². The van der Waals surface area contributed by atoms with Crippen molar-refractivity contribution in [2.75, 3.05) is 0 Å². The molecule has 66 valence electrons. The van der Waals surface area contributed by atoms with Gasteiger partial charge in [0.05, 0.1) is 6.26 Å². The smallest absolute Gasteiger partial charge is 0.473 e. The van der Waals surface area contributed by atoms with Gasteiger partial charge in [-0.1, -0.05) is 20.8 Å². The van der Waals surface area contributed by atoms with Gasteiger partial charge >= 0.3 is 7.12 Å². The Morgan fingerprint density at radius 1 is 1.33 bits per heavy atom. The molecule has 1 rings (SSSR count). The van der Waals surface area contributed by atoms with Crippen molar-refractivity contribution in [1.29, 1.82) is 0 Å². The molecule has 3 nitrogen and oxygen atoms in total. The summed E-state index contributed by atoms with van der Waals surface area (Å²) in [5.74, 6) is 0. The Labute approximate surface area is 72.2 Å². The summed E-state index contributed by atoms with van der Waals surface area (Å²) in [6, 6.07) is 1.76. The summed E-state index contributed by atoms with van der Waals surface area (Å²) < 4.78 is 4.95. The van der Waals surface area contributed by atoms with Crippen LogP contribution in [-0.2, 0) is 5.41 Å². The van der Waals surface area contributed by atoms with E-state index >= 15 is 0 Å². The molecule has 0 saturated carbocycles. The third kappa shape index (κ3) is 1.71. The third-order valence-electron chi connectivity index (χ3n) is 1.74. The van der Waals surface area contributed by atoms with Gasteiger partial charge in [-0.05, 0) is 17.0 Å². The van der Waals surface area contributed by atoms with Crippen LogP contribution in [0.15, 0.2) is 16.7 Å². The molecule has 1 aromatic heterocycles. The van der Waals surface area contributed by atoms with Gasteiger partial charge in [0.15, 0.2) is 0 Å². The van der Waals surface area contributed by atoms with Crippen molar-refractivity contribution in [2.24, 2.45) is 0 Å². The monoisotopic (exact) mass is 168 g/mol. The van der Waals surface area contributed by atoms with E-state index in [1.807, 2.05) is 20.8 Å². The minimum atomic E-state index is -1.52. The van der Waals surface area contributed by atoms with E-state index in [0.29, 0.717) is 0 Å². The Kier molecular flexibility index (Phi) is 2.30. The van der Waals surface area contributed by atoms with Gasteiger partial charge in [0.1, 0.15) is 5.66 Å². The molecule has 0 bridgehead atoms. The van der Waals surface area contributed by atoms with Crippen LogP contribution in [-0.4, -0.2) is 17.2 Å². The number of hydrogen-bond donors (Lipinski definition) is 2. The van der Waals surface area contributed by atoms with Crippen LogP contribution >= 0.6 is 0 Å². The van der Waals surface area contributed by atoms with Gasteiger partial charge < -0.3 is 14.5 Å². The first kappa shape index (κ1) is 9.35. The molecule has 0 fully saturated rings. The quantitative estimate of drug-likeness (QED) is 0.591. The molecule has 4 heteroatoms. The highest BCUT2D eigenvalue weighted by atomic mass is 16.4. The Balaban J connectivity index is 3.08. The fourth-order valence-corrected chi connectivity index (χ4v) is 1.14. The molecule has 0 spiro atoms. The van der Waals surface area contributed by atoms with E-state index in [1.165, 1.54) is 6.26 Å². The molecule has 1 aromatic rings. The van der Waals surface area contributed by atoms with Crippen molar-refractivity contribution in [3.63, 3.8) is 0 Å². The lowest BCUT2D eigenvalue weighted by Gasteiger charge is -2.17. The zero-order valence-electron chi connectivity index (χ0n) is 7.53. The van der Waals surface area contributed by atoms with E-state index in [0.717, 1.165) is 5.56 Å². The summed E-state index contributed by atoms with van der Waals surface area (Å²) in [5.41, 5.74) is 0.950. The summed E-state index contributed by atoms with van der Waals surface area (Å²) >= 11 is 0. The average molecular weight is 168 g/mol. The van der Waals surface area contributed by atoms with E-state index in [9.17, 15) is 0 Å². The molecule has 0 atom stereocenters. The van der Waals surface area contributed by atoms with Gasteiger partial charge in [-0.15, -0.1) is 0 Å². The van der Waals surface area contributed by atoms with Gasteiger partial charge in [0.2, 0.25) is 0 Å². The molecule has 1 heterocycles. The Morgan fingerprint density at radius 3 is 2.25 bits per heavy atom. The fraction of sp³-hybridized carbons (Fsp3) is 0.500. The van der Waals surface area contributed by atoms with Crippen molar-refractivity contribution >= 4 is 12.8 Å². The van der Waals surface area contributed by atoms with E-state index < -0.39 is 7.12 Å². The van der Waals surface area contributed by atoms with Gasteiger partial charge in [-0.2, -0.15) is 0 Å². The summed E-state index contributed by atoms with van der Waals surface area (Å²) in [6.07, 6.45) is 1.47. The maximum atomic E-state index is 8.92. The molecule has 12 heavy (non-hydrogen) atoms. The second-order valence-corrected chi connectivity index (χ2v) is 3.82. The van der Waals surface area contributed by atoms with Gasteiger partial charge in [-0.25, -0.2) is 0 Å². The molecular formula is C8H13BO3. The molecule has 0 saturated heterocycles. The summed E-state index contributed by atoms with van der Waals surface area (Å²) in [5, 5.41) is 17.8. The molecule has 0 aliphatic rings. The predicted molar refractivity (Wildman–Crippen MR) is 47.2 cm³/mol.